The zero-order chi connectivity index (χ0) is 58.6. The second-order valence-corrected chi connectivity index (χ2v) is 23.2. The van der Waals surface area contributed by atoms with E-state index in [9.17, 15) is 24.0 Å². The Labute approximate surface area is 460 Å². The number of nitrogens with zero attached hydrogens (tertiary/aromatic N) is 4. The summed E-state index contributed by atoms with van der Waals surface area (Å²) >= 11 is 0. The molecule has 1 aromatic rings. The van der Waals surface area contributed by atoms with Crippen molar-refractivity contribution in [3.63, 3.8) is 0 Å². The number of ketones is 1. The fraction of sp³-hybridized carbons (Fsp3) is 0.615. The van der Waals surface area contributed by atoms with Gasteiger partial charge in [-0.1, -0.05) is 187 Å². The van der Waals surface area contributed by atoms with Gasteiger partial charge in [0.05, 0.1) is 0 Å². The van der Waals surface area contributed by atoms with Crippen LogP contribution in [0.5, 0.6) is 0 Å². The molecule has 10 heteroatoms. The molecule has 0 spiro atoms. The topological polar surface area (TPSA) is 110 Å². The summed E-state index contributed by atoms with van der Waals surface area (Å²) in [4.78, 5) is 63.3. The predicted octanol–water partition coefficient (Wildman–Crippen LogP) is 13.6. The molecule has 1 aromatic carbocycles. The van der Waals surface area contributed by atoms with E-state index in [0.29, 0.717) is 35.1 Å². The number of allylic oxidation sites excluding steroid dienone is 2. The third-order valence-electron chi connectivity index (χ3n) is 13.2. The molecule has 424 valence electrons. The summed E-state index contributed by atoms with van der Waals surface area (Å²) in [6, 6.07) is 9.64. The van der Waals surface area contributed by atoms with Gasteiger partial charge in [-0.15, -0.1) is 0 Å². The summed E-state index contributed by atoms with van der Waals surface area (Å²) < 4.78 is 0. The molecule has 0 aromatic heterocycles. The molecule has 0 saturated carbocycles. The standard InChI is InChI=1S/C13H21NO.C12H21NO.C10H17NO.C10H10O.C8H15NO.C8H13N.2C2H6/c1-5-6-12(15)14-9-7-11(8-10-14)13(2,3)4;1-5-11(14)13-8-6-10(7-9-13)12(2,3)4;1-5-9(12)11-6-8(7-11)10(2,3)4;1-2-10(11)8-9-6-4-3-5-7-9;1-5-7(10)9-6-8(2,3)4;1-3-8(2)9-6-4-5-7-9;2*1-2/h11H,7-10H2,1-4H3;5,10H,1,6-9H2,2-4H3;5,8H,1,6-7H2,2-4H3;2-7H,1,8H2;5H,1,6H2,2-4H3,(H,9,10);3H,1-2,4-7H2;2*1-2H3. The van der Waals surface area contributed by atoms with Crippen LogP contribution in [0.25, 0.3) is 0 Å². The van der Waals surface area contributed by atoms with Crippen molar-refractivity contribution in [1.29, 1.82) is 0 Å². The van der Waals surface area contributed by atoms with Gasteiger partial charge < -0.3 is 24.9 Å². The quantitative estimate of drug-likeness (QED) is 0.150. The average molecular weight is 1040 g/mol. The van der Waals surface area contributed by atoms with Crippen LogP contribution < -0.4 is 5.32 Å². The smallest absolute Gasteiger partial charge is 0.298 e. The Morgan fingerprint density at radius 2 is 0.973 bits per heavy atom. The van der Waals surface area contributed by atoms with Gasteiger partial charge in [-0.05, 0) is 127 Å². The summed E-state index contributed by atoms with van der Waals surface area (Å²) in [6.07, 6.45) is 14.8. The number of nitrogens with one attached hydrogen (secondary N) is 1. The van der Waals surface area contributed by atoms with E-state index in [1.54, 1.807) is 6.92 Å². The molecular weight excluding hydrogens is 931 g/mol. The fourth-order valence-electron chi connectivity index (χ4n) is 7.99. The molecule has 4 aliphatic heterocycles. The highest BCUT2D eigenvalue weighted by Crippen LogP contribution is 2.36. The van der Waals surface area contributed by atoms with Gasteiger partial charge in [-0.2, -0.15) is 0 Å². The molecule has 4 amide bonds. The third-order valence-corrected chi connectivity index (χ3v) is 13.2. The first-order valence-corrected chi connectivity index (χ1v) is 27.7. The van der Waals surface area contributed by atoms with Gasteiger partial charge in [0.2, 0.25) is 17.7 Å². The number of benzene rings is 1. The Kier molecular flexibility index (Phi) is 38.4. The maximum atomic E-state index is 11.5. The Balaban J connectivity index is -0.000000824. The van der Waals surface area contributed by atoms with Gasteiger partial charge in [-0.3, -0.25) is 24.0 Å². The van der Waals surface area contributed by atoms with Crippen LogP contribution in [-0.2, 0) is 30.4 Å². The monoisotopic (exact) mass is 1040 g/mol. The van der Waals surface area contributed by atoms with E-state index in [1.165, 1.54) is 50.2 Å². The van der Waals surface area contributed by atoms with Crippen molar-refractivity contribution < 1.29 is 24.0 Å². The van der Waals surface area contributed by atoms with Crippen molar-refractivity contribution in [3.8, 4) is 11.8 Å². The molecule has 0 aliphatic carbocycles. The number of carbonyl (C=O) groups excluding carboxylic acids is 5. The SMILES string of the molecule is C=CC(=C)N1CCCC1.C=CC(=O)Cc1ccccc1.C=CC(=O)N1CC(C(C)(C)C)C1.C=CC(=O)N1CCC(C(C)(C)C)CC1.C=CC(=O)NCC(C)(C)C.CC.CC.CC#CC(=O)N1CCC(C(C)(C)C)CC1. The maximum Gasteiger partial charge on any atom is 0.298 e. The Morgan fingerprint density at radius 3 is 1.32 bits per heavy atom. The van der Waals surface area contributed by atoms with Crippen LogP contribution in [0.15, 0.2) is 106 Å². The normalized spacial score (nSPS) is 15.4. The molecule has 0 radical (unpaired) electrons. The van der Waals surface area contributed by atoms with E-state index in [-0.39, 0.29) is 34.8 Å². The van der Waals surface area contributed by atoms with Gasteiger partial charge in [0.1, 0.15) is 0 Å². The van der Waals surface area contributed by atoms with Crippen LogP contribution in [0.1, 0.15) is 162 Å². The molecule has 4 fully saturated rings. The molecule has 4 saturated heterocycles. The van der Waals surface area contributed by atoms with Crippen LogP contribution in [0.2, 0.25) is 0 Å². The van der Waals surface area contributed by atoms with Crippen molar-refractivity contribution >= 4 is 29.4 Å². The molecular formula is C65H109N5O5. The lowest BCUT2D eigenvalue weighted by Gasteiger charge is -2.45. The van der Waals surface area contributed by atoms with Crippen molar-refractivity contribution in [3.05, 3.63) is 111 Å². The average Bonchev–Trinajstić information content (AvgIpc) is 3.92. The lowest BCUT2D eigenvalue weighted by atomic mass is 9.75. The zero-order valence-electron chi connectivity index (χ0n) is 50.9. The Hall–Kier alpha value is -5.43. The van der Waals surface area contributed by atoms with E-state index in [2.05, 4.69) is 145 Å². The molecule has 4 heterocycles. The molecule has 1 N–H and O–H groups in total. The van der Waals surface area contributed by atoms with E-state index in [0.717, 1.165) is 88.0 Å². The van der Waals surface area contributed by atoms with E-state index in [1.807, 2.05) is 78.8 Å². The molecule has 0 unspecified atom stereocenters. The minimum absolute atomic E-state index is 0.00939. The number of likely N-dealkylation sites (tertiary alicyclic amines) is 4. The number of hydrogen-bond acceptors (Lipinski definition) is 6. The van der Waals surface area contributed by atoms with Crippen molar-refractivity contribution in [2.45, 2.75) is 163 Å². The van der Waals surface area contributed by atoms with Crippen LogP contribution in [-0.4, -0.2) is 108 Å². The van der Waals surface area contributed by atoms with Crippen LogP contribution in [0, 0.1) is 51.3 Å². The van der Waals surface area contributed by atoms with E-state index >= 15 is 0 Å². The van der Waals surface area contributed by atoms with Gasteiger partial charge in [0, 0.05) is 71.0 Å². The molecule has 10 nitrogen and oxygen atoms in total. The van der Waals surface area contributed by atoms with Crippen molar-refractivity contribution in [2.24, 2.45) is 39.4 Å². The van der Waals surface area contributed by atoms with Crippen molar-refractivity contribution in [1.82, 2.24) is 24.9 Å². The van der Waals surface area contributed by atoms with Gasteiger partial charge in [0.15, 0.2) is 5.78 Å². The molecule has 4 aliphatic rings. The number of piperidine rings is 2. The molecule has 75 heavy (non-hydrogen) atoms. The maximum absolute atomic E-state index is 11.5. The van der Waals surface area contributed by atoms with E-state index in [4.69, 9.17) is 0 Å². The number of amides is 4. The summed E-state index contributed by atoms with van der Waals surface area (Å²) in [6.45, 7) is 65.8. The molecule has 0 atom stereocenters. The number of rotatable bonds is 9. The lowest BCUT2D eigenvalue weighted by molar-refractivity contribution is -0.134. The fourth-order valence-corrected chi connectivity index (χ4v) is 7.99. The highest BCUT2D eigenvalue weighted by molar-refractivity contribution is 5.93. The molecule has 5 rings (SSSR count). The Bertz CT molecular complexity index is 1920. The lowest BCUT2D eigenvalue weighted by Crippen LogP contribution is -2.54. The first-order chi connectivity index (χ1) is 35.0. The van der Waals surface area contributed by atoms with Crippen molar-refractivity contribution in [2.75, 3.05) is 58.9 Å². The van der Waals surface area contributed by atoms with Crippen LogP contribution in [0.3, 0.4) is 0 Å². The predicted molar refractivity (Wildman–Crippen MR) is 322 cm³/mol. The zero-order valence-corrected chi connectivity index (χ0v) is 50.9. The number of carbonyl (C=O) groups is 5. The summed E-state index contributed by atoms with van der Waals surface area (Å²) in [5, 5.41) is 2.72. The first-order valence-electron chi connectivity index (χ1n) is 27.7. The Morgan fingerprint density at radius 1 is 0.560 bits per heavy atom. The summed E-state index contributed by atoms with van der Waals surface area (Å²) in [5.41, 5.74) is 3.34. The highest BCUT2D eigenvalue weighted by Gasteiger charge is 2.37. The van der Waals surface area contributed by atoms with Gasteiger partial charge in [0.25, 0.3) is 5.91 Å². The van der Waals surface area contributed by atoms with Gasteiger partial charge in [-0.25, -0.2) is 0 Å². The summed E-state index contributed by atoms with van der Waals surface area (Å²) in [7, 11) is 0. The second kappa shape index (κ2) is 39.0. The summed E-state index contributed by atoms with van der Waals surface area (Å²) in [5.74, 6) is 7.50. The minimum Gasteiger partial charge on any atom is -0.372 e. The second-order valence-electron chi connectivity index (χ2n) is 23.2. The van der Waals surface area contributed by atoms with Crippen LogP contribution in [0.4, 0.5) is 0 Å². The highest BCUT2D eigenvalue weighted by atomic mass is 16.2. The van der Waals surface area contributed by atoms with Gasteiger partial charge >= 0.3 is 0 Å². The number of hydrogen-bond donors (Lipinski definition) is 1. The minimum atomic E-state index is -0.102. The van der Waals surface area contributed by atoms with E-state index < -0.39 is 0 Å². The van der Waals surface area contributed by atoms with Crippen LogP contribution >= 0.6 is 0 Å². The molecule has 0 bridgehead atoms. The first kappa shape index (κ1) is 73.8. The largest absolute Gasteiger partial charge is 0.372 e. The third kappa shape index (κ3) is 34.0.